The molecule has 2 aromatic rings. The van der Waals surface area contributed by atoms with E-state index in [-0.39, 0.29) is 6.61 Å². The molecule has 0 fully saturated rings. The predicted molar refractivity (Wildman–Crippen MR) is 62.9 cm³/mol. The van der Waals surface area contributed by atoms with E-state index in [1.807, 2.05) is 41.8 Å². The summed E-state index contributed by atoms with van der Waals surface area (Å²) in [4.78, 5) is 10.4. The second-order valence-electron chi connectivity index (χ2n) is 3.17. The van der Waals surface area contributed by atoms with E-state index in [2.05, 4.69) is 0 Å². The Morgan fingerprint density at radius 2 is 2.00 bits per heavy atom. The summed E-state index contributed by atoms with van der Waals surface area (Å²) >= 11 is 1.40. The fraction of sp³-hybridized carbons (Fsp3) is 0.0833. The number of hydrogen-bond acceptors (Lipinski definition) is 3. The van der Waals surface area contributed by atoms with Crippen molar-refractivity contribution >= 4 is 17.3 Å². The fourth-order valence-corrected chi connectivity index (χ4v) is 2.13. The molecule has 0 atom stereocenters. The maximum Gasteiger partial charge on any atom is 0.341 e. The van der Waals surface area contributed by atoms with E-state index in [4.69, 9.17) is 9.84 Å². The smallest absolute Gasteiger partial charge is 0.341 e. The number of rotatable bonds is 4. The molecule has 1 aromatic carbocycles. The van der Waals surface area contributed by atoms with Gasteiger partial charge in [0.15, 0.2) is 11.7 Å². The van der Waals surface area contributed by atoms with E-state index >= 15 is 0 Å². The van der Waals surface area contributed by atoms with Crippen molar-refractivity contribution in [3.8, 4) is 16.2 Å². The maximum absolute atomic E-state index is 10.4. The van der Waals surface area contributed by atoms with Crippen LogP contribution in [0.2, 0.25) is 0 Å². The van der Waals surface area contributed by atoms with Crippen LogP contribution in [0.3, 0.4) is 0 Å². The van der Waals surface area contributed by atoms with Gasteiger partial charge in [0.1, 0.15) is 0 Å². The Balaban J connectivity index is 2.23. The Morgan fingerprint density at radius 3 is 2.69 bits per heavy atom. The van der Waals surface area contributed by atoms with Crippen LogP contribution in [-0.2, 0) is 4.79 Å². The largest absolute Gasteiger partial charge is 0.479 e. The van der Waals surface area contributed by atoms with Gasteiger partial charge in [0.2, 0.25) is 0 Å². The van der Waals surface area contributed by atoms with Crippen LogP contribution in [0, 0.1) is 0 Å². The normalized spacial score (nSPS) is 10.0. The number of carboxylic acids is 1. The topological polar surface area (TPSA) is 46.5 Å². The molecule has 2 rings (SSSR count). The number of ether oxygens (including phenoxy) is 1. The average Bonchev–Trinajstić information content (AvgIpc) is 2.75. The maximum atomic E-state index is 10.4. The van der Waals surface area contributed by atoms with Gasteiger partial charge in [-0.2, -0.15) is 0 Å². The zero-order valence-corrected chi connectivity index (χ0v) is 9.24. The Morgan fingerprint density at radius 1 is 1.25 bits per heavy atom. The van der Waals surface area contributed by atoms with E-state index in [0.29, 0.717) is 5.06 Å². The van der Waals surface area contributed by atoms with Gasteiger partial charge in [0, 0.05) is 5.56 Å². The van der Waals surface area contributed by atoms with Crippen molar-refractivity contribution in [2.75, 3.05) is 6.61 Å². The van der Waals surface area contributed by atoms with Gasteiger partial charge in [0.05, 0.1) is 0 Å². The summed E-state index contributed by atoms with van der Waals surface area (Å²) < 4.78 is 5.21. The number of benzene rings is 1. The van der Waals surface area contributed by atoms with Crippen molar-refractivity contribution in [2.24, 2.45) is 0 Å². The molecule has 1 aromatic heterocycles. The summed E-state index contributed by atoms with van der Waals surface area (Å²) in [6.07, 6.45) is 0. The molecule has 0 amide bonds. The second kappa shape index (κ2) is 4.81. The minimum Gasteiger partial charge on any atom is -0.479 e. The molecule has 4 heteroatoms. The lowest BCUT2D eigenvalue weighted by Crippen LogP contribution is -2.08. The van der Waals surface area contributed by atoms with Crippen molar-refractivity contribution < 1.29 is 14.6 Å². The number of aliphatic carboxylic acids is 1. The van der Waals surface area contributed by atoms with Crippen molar-refractivity contribution in [1.82, 2.24) is 0 Å². The molecular weight excluding hydrogens is 224 g/mol. The van der Waals surface area contributed by atoms with Crippen LogP contribution in [0.1, 0.15) is 0 Å². The predicted octanol–water partition coefficient (Wildman–Crippen LogP) is 2.88. The summed E-state index contributed by atoms with van der Waals surface area (Å²) in [6.45, 7) is -0.305. The highest BCUT2D eigenvalue weighted by atomic mass is 32.1. The third-order valence-electron chi connectivity index (χ3n) is 2.04. The first-order valence-electron chi connectivity index (χ1n) is 4.75. The van der Waals surface area contributed by atoms with Crippen molar-refractivity contribution in [3.63, 3.8) is 0 Å². The number of hydrogen-bond donors (Lipinski definition) is 1. The Kier molecular flexibility index (Phi) is 3.22. The Labute approximate surface area is 96.9 Å². The first kappa shape index (κ1) is 10.7. The van der Waals surface area contributed by atoms with Gasteiger partial charge in [-0.05, 0) is 17.0 Å². The highest BCUT2D eigenvalue weighted by Crippen LogP contribution is 2.34. The molecule has 16 heavy (non-hydrogen) atoms. The van der Waals surface area contributed by atoms with Crippen molar-refractivity contribution in [1.29, 1.82) is 0 Å². The van der Waals surface area contributed by atoms with Crippen LogP contribution in [0.4, 0.5) is 0 Å². The lowest BCUT2D eigenvalue weighted by Gasteiger charge is -2.04. The molecule has 0 spiro atoms. The highest BCUT2D eigenvalue weighted by molar-refractivity contribution is 7.12. The fourth-order valence-electron chi connectivity index (χ4n) is 1.37. The molecule has 1 N–H and O–H groups in total. The monoisotopic (exact) mass is 234 g/mol. The molecule has 0 aliphatic rings. The van der Waals surface area contributed by atoms with Crippen molar-refractivity contribution in [3.05, 3.63) is 41.8 Å². The van der Waals surface area contributed by atoms with Gasteiger partial charge < -0.3 is 9.84 Å². The van der Waals surface area contributed by atoms with Crippen molar-refractivity contribution in [2.45, 2.75) is 0 Å². The van der Waals surface area contributed by atoms with E-state index in [1.165, 1.54) is 11.3 Å². The molecule has 82 valence electrons. The molecule has 3 nitrogen and oxygen atoms in total. The van der Waals surface area contributed by atoms with E-state index < -0.39 is 5.97 Å². The lowest BCUT2D eigenvalue weighted by atomic mass is 10.1. The summed E-state index contributed by atoms with van der Waals surface area (Å²) in [7, 11) is 0. The molecular formula is C12H10O3S. The van der Waals surface area contributed by atoms with Crippen LogP contribution >= 0.6 is 11.3 Å². The molecule has 0 bridgehead atoms. The van der Waals surface area contributed by atoms with Gasteiger partial charge in [-0.25, -0.2) is 4.79 Å². The van der Waals surface area contributed by atoms with E-state index in [1.54, 1.807) is 0 Å². The van der Waals surface area contributed by atoms with Gasteiger partial charge in [-0.15, -0.1) is 11.3 Å². The molecule has 0 radical (unpaired) electrons. The second-order valence-corrected chi connectivity index (χ2v) is 4.05. The number of carbonyl (C=O) groups is 1. The third kappa shape index (κ3) is 2.41. The summed E-state index contributed by atoms with van der Waals surface area (Å²) in [6, 6.07) is 11.7. The Hall–Kier alpha value is -1.81. The quantitative estimate of drug-likeness (QED) is 0.884. The molecule has 0 saturated carbocycles. The van der Waals surface area contributed by atoms with Gasteiger partial charge in [0.25, 0.3) is 0 Å². The summed E-state index contributed by atoms with van der Waals surface area (Å²) in [5.41, 5.74) is 1.97. The molecule has 0 aliphatic carbocycles. The van der Waals surface area contributed by atoms with Crippen LogP contribution in [0.25, 0.3) is 11.1 Å². The zero-order chi connectivity index (χ0) is 11.4. The number of carboxylic acid groups (broad SMARTS) is 1. The first-order valence-corrected chi connectivity index (χ1v) is 5.63. The minimum absolute atomic E-state index is 0.305. The van der Waals surface area contributed by atoms with E-state index in [9.17, 15) is 4.79 Å². The van der Waals surface area contributed by atoms with Crippen LogP contribution < -0.4 is 4.74 Å². The van der Waals surface area contributed by atoms with Crippen LogP contribution in [0.5, 0.6) is 5.06 Å². The highest BCUT2D eigenvalue weighted by Gasteiger charge is 2.08. The number of thiophene rings is 1. The molecule has 0 unspecified atom stereocenters. The molecule has 0 aliphatic heterocycles. The van der Waals surface area contributed by atoms with Gasteiger partial charge in [-0.1, -0.05) is 30.3 Å². The van der Waals surface area contributed by atoms with Gasteiger partial charge in [-0.3, -0.25) is 0 Å². The standard InChI is InChI=1S/C12H10O3S/c13-11(14)8-15-12-10(6-7-16-12)9-4-2-1-3-5-9/h1-7H,8H2,(H,13,14). The summed E-state index contributed by atoms with van der Waals surface area (Å²) in [5, 5.41) is 11.1. The lowest BCUT2D eigenvalue weighted by molar-refractivity contribution is -0.139. The summed E-state index contributed by atoms with van der Waals surface area (Å²) in [5.74, 6) is -0.965. The van der Waals surface area contributed by atoms with Gasteiger partial charge >= 0.3 is 5.97 Å². The molecule has 0 saturated heterocycles. The SMILES string of the molecule is O=C(O)COc1sccc1-c1ccccc1. The van der Waals surface area contributed by atoms with E-state index in [0.717, 1.165) is 11.1 Å². The zero-order valence-electron chi connectivity index (χ0n) is 8.42. The van der Waals surface area contributed by atoms with Crippen LogP contribution in [0.15, 0.2) is 41.8 Å². The average molecular weight is 234 g/mol. The Bertz CT molecular complexity index is 476. The minimum atomic E-state index is -0.965. The molecule has 1 heterocycles. The van der Waals surface area contributed by atoms with Crippen LogP contribution in [-0.4, -0.2) is 17.7 Å². The first-order chi connectivity index (χ1) is 7.77. The third-order valence-corrected chi connectivity index (χ3v) is 2.87.